The Labute approximate surface area is 146 Å². The van der Waals surface area contributed by atoms with Crippen LogP contribution in [-0.2, 0) is 14.8 Å². The number of carbonyl (C=O) groups is 1. The molecule has 0 bridgehead atoms. The van der Waals surface area contributed by atoms with Crippen molar-refractivity contribution in [2.75, 3.05) is 26.2 Å². The van der Waals surface area contributed by atoms with E-state index in [0.717, 1.165) is 38.1 Å². The highest BCUT2D eigenvalue weighted by molar-refractivity contribution is 7.89. The minimum absolute atomic E-state index is 0.0260. The van der Waals surface area contributed by atoms with Crippen LogP contribution in [0.3, 0.4) is 0 Å². The van der Waals surface area contributed by atoms with Crippen LogP contribution in [-0.4, -0.2) is 51.4 Å². The molecule has 1 amide bonds. The zero-order valence-electron chi connectivity index (χ0n) is 14.1. The molecule has 0 aliphatic carbocycles. The molecular formula is C16H23F2N3O3S. The minimum Gasteiger partial charge on any atom is -0.354 e. The fraction of sp³-hybridized carbons (Fsp3) is 0.562. The molecule has 1 aliphatic rings. The summed E-state index contributed by atoms with van der Waals surface area (Å²) in [5.41, 5.74) is 0. The van der Waals surface area contributed by atoms with E-state index in [4.69, 9.17) is 0 Å². The van der Waals surface area contributed by atoms with Gasteiger partial charge in [-0.3, -0.25) is 9.69 Å². The van der Waals surface area contributed by atoms with Gasteiger partial charge in [0.25, 0.3) is 0 Å². The summed E-state index contributed by atoms with van der Waals surface area (Å²) in [6, 6.07) is 2.66. The van der Waals surface area contributed by atoms with Crippen molar-refractivity contribution in [3.63, 3.8) is 0 Å². The van der Waals surface area contributed by atoms with Crippen molar-refractivity contribution in [2.45, 2.75) is 37.1 Å². The second-order valence-corrected chi connectivity index (χ2v) is 7.72. The third-order valence-electron chi connectivity index (χ3n) is 4.29. The quantitative estimate of drug-likeness (QED) is 0.717. The summed E-state index contributed by atoms with van der Waals surface area (Å²) >= 11 is 0. The summed E-state index contributed by atoms with van der Waals surface area (Å²) in [6.07, 6.45) is 2.13. The maximum absolute atomic E-state index is 13.1. The van der Waals surface area contributed by atoms with Gasteiger partial charge in [-0.05, 0) is 44.1 Å². The standard InChI is InChI=1S/C16H23F2N3O3S/c1-2-21-9-3-4-12(21)11-19-16(22)7-8-20-25(23,24)13-5-6-14(17)15(18)10-13/h5-6,10,12,20H,2-4,7-9,11H2,1H3,(H,19,22). The van der Waals surface area contributed by atoms with Crippen molar-refractivity contribution in [1.82, 2.24) is 14.9 Å². The predicted octanol–water partition coefficient (Wildman–Crippen LogP) is 1.23. The van der Waals surface area contributed by atoms with Crippen LogP contribution in [0.25, 0.3) is 0 Å². The van der Waals surface area contributed by atoms with E-state index in [9.17, 15) is 22.0 Å². The molecule has 1 heterocycles. The van der Waals surface area contributed by atoms with Crippen molar-refractivity contribution >= 4 is 15.9 Å². The lowest BCUT2D eigenvalue weighted by atomic mass is 10.2. The van der Waals surface area contributed by atoms with Gasteiger partial charge in [0.15, 0.2) is 11.6 Å². The van der Waals surface area contributed by atoms with Gasteiger partial charge < -0.3 is 5.32 Å². The average molecular weight is 375 g/mol. The summed E-state index contributed by atoms with van der Waals surface area (Å²) in [7, 11) is -3.98. The molecule has 6 nitrogen and oxygen atoms in total. The van der Waals surface area contributed by atoms with Gasteiger partial charge in [-0.2, -0.15) is 0 Å². The maximum Gasteiger partial charge on any atom is 0.240 e. The Bertz CT molecular complexity index is 713. The minimum atomic E-state index is -3.98. The Hall–Kier alpha value is -1.58. The van der Waals surface area contributed by atoms with Crippen LogP contribution in [0.1, 0.15) is 26.2 Å². The van der Waals surface area contributed by atoms with Gasteiger partial charge in [0, 0.05) is 25.6 Å². The summed E-state index contributed by atoms with van der Waals surface area (Å²) < 4.78 is 52.2. The molecule has 2 N–H and O–H groups in total. The van der Waals surface area contributed by atoms with E-state index in [1.807, 2.05) is 0 Å². The average Bonchev–Trinajstić information content (AvgIpc) is 3.02. The molecule has 0 spiro atoms. The molecule has 0 radical (unpaired) electrons. The first kappa shape index (κ1) is 19.7. The van der Waals surface area contributed by atoms with Gasteiger partial charge in [-0.15, -0.1) is 0 Å². The first-order valence-electron chi connectivity index (χ1n) is 8.29. The van der Waals surface area contributed by atoms with Crippen LogP contribution in [0.15, 0.2) is 23.1 Å². The lowest BCUT2D eigenvalue weighted by Gasteiger charge is -2.22. The summed E-state index contributed by atoms with van der Waals surface area (Å²) in [5.74, 6) is -2.61. The van der Waals surface area contributed by atoms with E-state index in [2.05, 4.69) is 21.9 Å². The number of benzene rings is 1. The Morgan fingerprint density at radius 1 is 1.32 bits per heavy atom. The molecule has 140 valence electrons. The number of halogens is 2. The first-order chi connectivity index (χ1) is 11.8. The third-order valence-corrected chi connectivity index (χ3v) is 5.74. The van der Waals surface area contributed by atoms with Crippen LogP contribution in [0.5, 0.6) is 0 Å². The highest BCUT2D eigenvalue weighted by atomic mass is 32.2. The molecule has 0 saturated carbocycles. The second kappa shape index (κ2) is 8.68. The summed E-state index contributed by atoms with van der Waals surface area (Å²) in [5, 5.41) is 2.81. The number of carbonyl (C=O) groups excluding carboxylic acids is 1. The van der Waals surface area contributed by atoms with Crippen molar-refractivity contribution in [3.05, 3.63) is 29.8 Å². The van der Waals surface area contributed by atoms with Gasteiger partial charge in [-0.25, -0.2) is 21.9 Å². The number of nitrogens with one attached hydrogen (secondary N) is 2. The number of nitrogens with zero attached hydrogens (tertiary/aromatic N) is 1. The summed E-state index contributed by atoms with van der Waals surface area (Å²) in [6.45, 7) is 4.48. The number of likely N-dealkylation sites (N-methyl/N-ethyl adjacent to an activating group) is 1. The topological polar surface area (TPSA) is 78.5 Å². The van der Waals surface area contributed by atoms with Crippen LogP contribution in [0.4, 0.5) is 8.78 Å². The number of amides is 1. The molecule has 1 atom stereocenters. The number of likely N-dealkylation sites (tertiary alicyclic amines) is 1. The SMILES string of the molecule is CCN1CCCC1CNC(=O)CCNS(=O)(=O)c1ccc(F)c(F)c1. The number of sulfonamides is 1. The Morgan fingerprint density at radius 3 is 2.76 bits per heavy atom. The normalized spacial score (nSPS) is 18.4. The first-order valence-corrected chi connectivity index (χ1v) is 9.77. The maximum atomic E-state index is 13.1. The molecule has 9 heteroatoms. The number of hydrogen-bond donors (Lipinski definition) is 2. The molecule has 1 saturated heterocycles. The van der Waals surface area contributed by atoms with E-state index in [0.29, 0.717) is 18.7 Å². The Morgan fingerprint density at radius 2 is 2.08 bits per heavy atom. The van der Waals surface area contributed by atoms with Crippen molar-refractivity contribution in [1.29, 1.82) is 0 Å². The van der Waals surface area contributed by atoms with E-state index < -0.39 is 21.7 Å². The molecule has 2 rings (SSSR count). The van der Waals surface area contributed by atoms with E-state index in [1.165, 1.54) is 0 Å². The second-order valence-electron chi connectivity index (χ2n) is 5.95. The fourth-order valence-electron chi connectivity index (χ4n) is 2.89. The van der Waals surface area contributed by atoms with Crippen molar-refractivity contribution in [3.8, 4) is 0 Å². The van der Waals surface area contributed by atoms with E-state index in [-0.39, 0.29) is 23.8 Å². The molecule has 1 aliphatic heterocycles. The van der Waals surface area contributed by atoms with Crippen molar-refractivity contribution in [2.24, 2.45) is 0 Å². The Balaban J connectivity index is 1.77. The number of rotatable bonds is 8. The molecule has 1 unspecified atom stereocenters. The van der Waals surface area contributed by atoms with Crippen LogP contribution < -0.4 is 10.0 Å². The van der Waals surface area contributed by atoms with Gasteiger partial charge in [0.05, 0.1) is 4.90 Å². The van der Waals surface area contributed by atoms with Crippen LogP contribution in [0.2, 0.25) is 0 Å². The molecule has 25 heavy (non-hydrogen) atoms. The fourth-order valence-corrected chi connectivity index (χ4v) is 3.93. The summed E-state index contributed by atoms with van der Waals surface area (Å²) in [4.78, 5) is 13.8. The smallest absolute Gasteiger partial charge is 0.240 e. The zero-order chi connectivity index (χ0) is 18.4. The molecule has 1 aromatic rings. The van der Waals surface area contributed by atoms with Gasteiger partial charge in [0.1, 0.15) is 0 Å². The van der Waals surface area contributed by atoms with Crippen LogP contribution in [0, 0.1) is 11.6 Å². The van der Waals surface area contributed by atoms with Gasteiger partial charge in [0.2, 0.25) is 15.9 Å². The largest absolute Gasteiger partial charge is 0.354 e. The zero-order valence-corrected chi connectivity index (χ0v) is 14.9. The van der Waals surface area contributed by atoms with Crippen molar-refractivity contribution < 1.29 is 22.0 Å². The Kier molecular flexibility index (Phi) is 6.86. The highest BCUT2D eigenvalue weighted by Gasteiger charge is 2.23. The van der Waals surface area contributed by atoms with Gasteiger partial charge in [-0.1, -0.05) is 6.92 Å². The number of hydrogen-bond acceptors (Lipinski definition) is 4. The van der Waals surface area contributed by atoms with E-state index in [1.54, 1.807) is 0 Å². The van der Waals surface area contributed by atoms with Crippen LogP contribution >= 0.6 is 0 Å². The highest BCUT2D eigenvalue weighted by Crippen LogP contribution is 2.15. The lowest BCUT2D eigenvalue weighted by Crippen LogP contribution is -2.40. The molecule has 1 fully saturated rings. The third kappa shape index (κ3) is 5.45. The molecule has 1 aromatic carbocycles. The van der Waals surface area contributed by atoms with Gasteiger partial charge >= 0.3 is 0 Å². The molecular weight excluding hydrogens is 352 g/mol. The molecule has 0 aromatic heterocycles. The predicted molar refractivity (Wildman–Crippen MR) is 89.4 cm³/mol. The lowest BCUT2D eigenvalue weighted by molar-refractivity contribution is -0.121. The monoisotopic (exact) mass is 375 g/mol. The van der Waals surface area contributed by atoms with E-state index >= 15 is 0 Å².